The van der Waals surface area contributed by atoms with Gasteiger partial charge in [0.1, 0.15) is 5.69 Å². The Hall–Kier alpha value is -2.85. The molecule has 0 atom stereocenters. The summed E-state index contributed by atoms with van der Waals surface area (Å²) in [6, 6.07) is 9.40. The Bertz CT molecular complexity index is 1000. The summed E-state index contributed by atoms with van der Waals surface area (Å²) < 4.78 is 1.74. The average Bonchev–Trinajstić information content (AvgIpc) is 3.03. The van der Waals surface area contributed by atoms with Crippen molar-refractivity contribution in [2.75, 3.05) is 6.54 Å². The summed E-state index contributed by atoms with van der Waals surface area (Å²) in [6.45, 7) is 1.22. The van der Waals surface area contributed by atoms with Crippen LogP contribution in [0.4, 0.5) is 0 Å². The standard InChI is InChI=1S/C20H20ClN5O2/c21-14-4-1-3-13(9-14)18-17(19(23)28)15-11-25(7-8-26(15)24-18)16(27)10-20(12-22)5-2-6-20/h1,3-4,9H,2,5-8,10-11H2,(H2,23,28). The van der Waals surface area contributed by atoms with E-state index < -0.39 is 11.3 Å². The smallest absolute Gasteiger partial charge is 0.252 e. The number of carbonyl (C=O) groups is 2. The van der Waals surface area contributed by atoms with Crippen LogP contribution in [0, 0.1) is 16.7 Å². The molecule has 0 radical (unpaired) electrons. The molecule has 0 spiro atoms. The number of carbonyl (C=O) groups excluding carboxylic acids is 2. The number of halogens is 1. The zero-order valence-corrected chi connectivity index (χ0v) is 16.1. The molecule has 1 saturated carbocycles. The highest BCUT2D eigenvalue weighted by Crippen LogP contribution is 2.43. The number of nitriles is 1. The van der Waals surface area contributed by atoms with E-state index in [1.165, 1.54) is 0 Å². The highest BCUT2D eigenvalue weighted by Gasteiger charge is 2.41. The van der Waals surface area contributed by atoms with Gasteiger partial charge in [-0.05, 0) is 25.0 Å². The molecule has 2 amide bonds. The predicted octanol–water partition coefficient (Wildman–Crippen LogP) is 2.73. The van der Waals surface area contributed by atoms with E-state index in [1.807, 2.05) is 6.07 Å². The van der Waals surface area contributed by atoms with Gasteiger partial charge in [-0.1, -0.05) is 30.2 Å². The SMILES string of the molecule is N#CC1(CC(=O)N2CCn3nc(-c4cccc(Cl)c4)c(C(N)=O)c3C2)CCC1. The molecule has 4 rings (SSSR count). The van der Waals surface area contributed by atoms with Crippen LogP contribution in [0.3, 0.4) is 0 Å². The number of benzene rings is 1. The minimum absolute atomic E-state index is 0.0616. The molecule has 0 unspecified atom stereocenters. The molecule has 2 heterocycles. The van der Waals surface area contributed by atoms with E-state index in [9.17, 15) is 14.9 Å². The lowest BCUT2D eigenvalue weighted by Gasteiger charge is -2.37. The van der Waals surface area contributed by atoms with Gasteiger partial charge in [0, 0.05) is 23.6 Å². The Balaban J connectivity index is 1.64. The first-order valence-electron chi connectivity index (χ1n) is 9.27. The fourth-order valence-electron chi connectivity index (χ4n) is 3.96. The quantitative estimate of drug-likeness (QED) is 0.856. The van der Waals surface area contributed by atoms with Gasteiger partial charge in [0.25, 0.3) is 5.91 Å². The molecule has 1 fully saturated rings. The first kappa shape index (κ1) is 18.5. The van der Waals surface area contributed by atoms with E-state index in [0.29, 0.717) is 40.6 Å². The maximum Gasteiger partial charge on any atom is 0.252 e. The van der Waals surface area contributed by atoms with Crippen molar-refractivity contribution >= 4 is 23.4 Å². The predicted molar refractivity (Wildman–Crippen MR) is 103 cm³/mol. The third-order valence-electron chi connectivity index (χ3n) is 5.71. The summed E-state index contributed by atoms with van der Waals surface area (Å²) in [5, 5.41) is 14.5. The van der Waals surface area contributed by atoms with Crippen LogP contribution in [0.1, 0.15) is 41.7 Å². The van der Waals surface area contributed by atoms with Gasteiger partial charge in [-0.15, -0.1) is 0 Å². The van der Waals surface area contributed by atoms with Gasteiger partial charge < -0.3 is 10.6 Å². The fourth-order valence-corrected chi connectivity index (χ4v) is 4.15. The molecule has 8 heteroatoms. The minimum Gasteiger partial charge on any atom is -0.365 e. The molecule has 0 saturated heterocycles. The third kappa shape index (κ3) is 3.14. The number of aromatic nitrogens is 2. The summed E-state index contributed by atoms with van der Waals surface area (Å²) in [6.07, 6.45) is 2.76. The zero-order chi connectivity index (χ0) is 19.9. The van der Waals surface area contributed by atoms with Crippen LogP contribution < -0.4 is 5.73 Å². The summed E-state index contributed by atoms with van der Waals surface area (Å²) in [5.74, 6) is -0.647. The molecule has 28 heavy (non-hydrogen) atoms. The van der Waals surface area contributed by atoms with Crippen molar-refractivity contribution < 1.29 is 9.59 Å². The average molecular weight is 398 g/mol. The lowest BCUT2D eigenvalue weighted by Crippen LogP contribution is -2.42. The number of hydrogen-bond acceptors (Lipinski definition) is 4. The summed E-state index contributed by atoms with van der Waals surface area (Å²) in [4.78, 5) is 26.7. The highest BCUT2D eigenvalue weighted by molar-refractivity contribution is 6.30. The normalized spacial score (nSPS) is 17.4. The Morgan fingerprint density at radius 3 is 2.71 bits per heavy atom. The third-order valence-corrected chi connectivity index (χ3v) is 5.95. The summed E-state index contributed by atoms with van der Waals surface area (Å²) >= 11 is 6.08. The zero-order valence-electron chi connectivity index (χ0n) is 15.3. The minimum atomic E-state index is -0.585. The molecule has 1 aromatic heterocycles. The molecule has 2 aromatic rings. The van der Waals surface area contributed by atoms with Gasteiger partial charge >= 0.3 is 0 Å². The topological polar surface area (TPSA) is 105 Å². The van der Waals surface area contributed by atoms with E-state index in [4.69, 9.17) is 17.3 Å². The first-order chi connectivity index (χ1) is 13.4. The van der Waals surface area contributed by atoms with Crippen molar-refractivity contribution in [3.05, 3.63) is 40.5 Å². The maximum atomic E-state index is 12.8. The molecular formula is C20H20ClN5O2. The number of primary amides is 1. The summed E-state index contributed by atoms with van der Waals surface area (Å²) in [7, 11) is 0. The number of hydrogen-bond donors (Lipinski definition) is 1. The molecule has 7 nitrogen and oxygen atoms in total. The lowest BCUT2D eigenvalue weighted by atomic mass is 9.67. The van der Waals surface area contributed by atoms with Gasteiger partial charge in [0.05, 0.1) is 35.8 Å². The molecule has 1 aliphatic heterocycles. The second-order valence-corrected chi connectivity index (χ2v) is 7.94. The van der Waals surface area contributed by atoms with Crippen molar-refractivity contribution in [1.29, 1.82) is 5.26 Å². The van der Waals surface area contributed by atoms with E-state index in [-0.39, 0.29) is 18.9 Å². The van der Waals surface area contributed by atoms with Gasteiger partial charge in [0.2, 0.25) is 5.91 Å². The highest BCUT2D eigenvalue weighted by atomic mass is 35.5. The molecule has 144 valence electrons. The lowest BCUT2D eigenvalue weighted by molar-refractivity contribution is -0.135. The van der Waals surface area contributed by atoms with Crippen molar-refractivity contribution in [3.63, 3.8) is 0 Å². The van der Waals surface area contributed by atoms with Crippen LogP contribution in [0.5, 0.6) is 0 Å². The van der Waals surface area contributed by atoms with Crippen molar-refractivity contribution in [3.8, 4) is 17.3 Å². The van der Waals surface area contributed by atoms with Crippen LogP contribution in [-0.2, 0) is 17.9 Å². The second-order valence-electron chi connectivity index (χ2n) is 7.51. The van der Waals surface area contributed by atoms with Crippen LogP contribution >= 0.6 is 11.6 Å². The van der Waals surface area contributed by atoms with Crippen LogP contribution in [0.2, 0.25) is 5.02 Å². The Morgan fingerprint density at radius 2 is 2.11 bits per heavy atom. The largest absolute Gasteiger partial charge is 0.365 e. The Labute approximate surface area is 167 Å². The van der Waals surface area contributed by atoms with Gasteiger partial charge in [-0.2, -0.15) is 10.4 Å². The van der Waals surface area contributed by atoms with Gasteiger partial charge in [0.15, 0.2) is 0 Å². The maximum absolute atomic E-state index is 12.8. The van der Waals surface area contributed by atoms with E-state index >= 15 is 0 Å². The number of nitrogens with two attached hydrogens (primary N) is 1. The van der Waals surface area contributed by atoms with Gasteiger partial charge in [-0.3, -0.25) is 14.3 Å². The molecule has 1 aromatic carbocycles. The molecule has 2 aliphatic rings. The fraction of sp³-hybridized carbons (Fsp3) is 0.400. The molecule has 2 N–H and O–H groups in total. The van der Waals surface area contributed by atoms with Crippen molar-refractivity contribution in [1.82, 2.24) is 14.7 Å². The van der Waals surface area contributed by atoms with Crippen LogP contribution in [0.15, 0.2) is 24.3 Å². The second kappa shape index (κ2) is 6.95. The Kier molecular flexibility index (Phi) is 4.60. The Morgan fingerprint density at radius 1 is 1.32 bits per heavy atom. The number of rotatable bonds is 4. The van der Waals surface area contributed by atoms with Crippen LogP contribution in [0.25, 0.3) is 11.3 Å². The molecule has 1 aliphatic carbocycles. The monoisotopic (exact) mass is 397 g/mol. The summed E-state index contributed by atoms with van der Waals surface area (Å²) in [5.41, 5.74) is 7.27. The first-order valence-corrected chi connectivity index (χ1v) is 9.65. The van der Waals surface area contributed by atoms with Crippen molar-refractivity contribution in [2.24, 2.45) is 11.1 Å². The van der Waals surface area contributed by atoms with E-state index in [0.717, 1.165) is 19.3 Å². The van der Waals surface area contributed by atoms with Crippen molar-refractivity contribution in [2.45, 2.75) is 38.8 Å². The van der Waals surface area contributed by atoms with Gasteiger partial charge in [-0.25, -0.2) is 0 Å². The van der Waals surface area contributed by atoms with Crippen LogP contribution in [-0.4, -0.2) is 33.0 Å². The number of amides is 2. The van der Waals surface area contributed by atoms with E-state index in [2.05, 4.69) is 11.2 Å². The number of fused-ring (bicyclic) bond motifs is 1. The number of nitrogens with zero attached hydrogens (tertiary/aromatic N) is 4. The molecular weight excluding hydrogens is 378 g/mol. The van der Waals surface area contributed by atoms with E-state index in [1.54, 1.807) is 27.8 Å². The molecule has 0 bridgehead atoms.